The number of aliphatic hydroxyl groups excluding tert-OH is 1. The van der Waals surface area contributed by atoms with Gasteiger partial charge in [-0.15, -0.1) is 0 Å². The number of anilines is 1. The van der Waals surface area contributed by atoms with Gasteiger partial charge < -0.3 is 10.0 Å². The molecule has 1 unspecified atom stereocenters. The van der Waals surface area contributed by atoms with Crippen LogP contribution in [0.5, 0.6) is 0 Å². The van der Waals surface area contributed by atoms with Crippen LogP contribution in [0.2, 0.25) is 0 Å². The largest absolute Gasteiger partial charge is 0.391 e. The summed E-state index contributed by atoms with van der Waals surface area (Å²) in [5.41, 5.74) is 1.18. The number of benzene rings is 1. The summed E-state index contributed by atoms with van der Waals surface area (Å²) in [6, 6.07) is 8.23. The van der Waals surface area contributed by atoms with E-state index in [2.05, 4.69) is 46.8 Å². The lowest BCUT2D eigenvalue weighted by molar-refractivity contribution is 0.0964. The second-order valence-corrected chi connectivity index (χ2v) is 5.78. The number of β-amino-alcohol motifs (C(OH)–C–C–N with tert-alkyl or cyclic N) is 1. The molecule has 15 heavy (non-hydrogen) atoms. The van der Waals surface area contributed by atoms with Crippen molar-refractivity contribution in [2.75, 3.05) is 18.0 Å². The average molecular weight is 270 g/mol. The SMILES string of the molecule is CC1(C)CN(c2ccc(Br)cc2)CC1O. The molecule has 1 aromatic carbocycles. The predicted molar refractivity (Wildman–Crippen MR) is 66.1 cm³/mol. The van der Waals surface area contributed by atoms with Crippen molar-refractivity contribution in [1.29, 1.82) is 0 Å². The lowest BCUT2D eigenvalue weighted by Gasteiger charge is -2.21. The number of hydrogen-bond acceptors (Lipinski definition) is 2. The first-order valence-electron chi connectivity index (χ1n) is 5.18. The van der Waals surface area contributed by atoms with Crippen LogP contribution < -0.4 is 4.90 Å². The van der Waals surface area contributed by atoms with Crippen LogP contribution >= 0.6 is 15.9 Å². The first-order chi connectivity index (χ1) is 6.99. The first-order valence-corrected chi connectivity index (χ1v) is 5.97. The molecule has 1 atom stereocenters. The molecular formula is C12H16BrNO. The van der Waals surface area contributed by atoms with Crippen molar-refractivity contribution in [2.45, 2.75) is 20.0 Å². The second kappa shape index (κ2) is 3.80. The van der Waals surface area contributed by atoms with Crippen molar-refractivity contribution in [2.24, 2.45) is 5.41 Å². The fourth-order valence-corrected chi connectivity index (χ4v) is 2.23. The Kier molecular flexibility index (Phi) is 2.77. The van der Waals surface area contributed by atoms with Gasteiger partial charge in [0, 0.05) is 28.7 Å². The van der Waals surface area contributed by atoms with Gasteiger partial charge in [0.05, 0.1) is 6.10 Å². The van der Waals surface area contributed by atoms with Crippen molar-refractivity contribution >= 4 is 21.6 Å². The number of rotatable bonds is 1. The van der Waals surface area contributed by atoms with Gasteiger partial charge in [-0.1, -0.05) is 29.8 Å². The van der Waals surface area contributed by atoms with Gasteiger partial charge in [0.15, 0.2) is 0 Å². The van der Waals surface area contributed by atoms with E-state index in [1.165, 1.54) is 5.69 Å². The first kappa shape index (κ1) is 11.0. The zero-order chi connectivity index (χ0) is 11.1. The van der Waals surface area contributed by atoms with E-state index < -0.39 is 0 Å². The van der Waals surface area contributed by atoms with E-state index in [1.807, 2.05) is 12.1 Å². The molecule has 82 valence electrons. The second-order valence-electron chi connectivity index (χ2n) is 4.86. The summed E-state index contributed by atoms with van der Waals surface area (Å²) >= 11 is 3.42. The fraction of sp³-hybridized carbons (Fsp3) is 0.500. The Balaban J connectivity index is 2.17. The van der Waals surface area contributed by atoms with Crippen LogP contribution in [0.1, 0.15) is 13.8 Å². The average Bonchev–Trinajstić information content (AvgIpc) is 2.42. The molecule has 0 spiro atoms. The van der Waals surface area contributed by atoms with Crippen molar-refractivity contribution in [3.05, 3.63) is 28.7 Å². The van der Waals surface area contributed by atoms with E-state index in [0.29, 0.717) is 0 Å². The molecule has 1 fully saturated rings. The highest BCUT2D eigenvalue weighted by Gasteiger charge is 2.37. The van der Waals surface area contributed by atoms with Crippen molar-refractivity contribution in [3.63, 3.8) is 0 Å². The van der Waals surface area contributed by atoms with Crippen LogP contribution in [0, 0.1) is 5.41 Å². The summed E-state index contributed by atoms with van der Waals surface area (Å²) < 4.78 is 1.09. The topological polar surface area (TPSA) is 23.5 Å². The van der Waals surface area contributed by atoms with Crippen LogP contribution in [0.3, 0.4) is 0 Å². The highest BCUT2D eigenvalue weighted by molar-refractivity contribution is 9.10. The van der Waals surface area contributed by atoms with Crippen LogP contribution in [0.15, 0.2) is 28.7 Å². The van der Waals surface area contributed by atoms with Crippen LogP contribution in [-0.2, 0) is 0 Å². The minimum Gasteiger partial charge on any atom is -0.391 e. The molecule has 0 aromatic heterocycles. The molecule has 0 aliphatic carbocycles. The van der Waals surface area contributed by atoms with Gasteiger partial charge >= 0.3 is 0 Å². The summed E-state index contributed by atoms with van der Waals surface area (Å²) in [7, 11) is 0. The third-order valence-electron chi connectivity index (χ3n) is 3.09. The Labute approximate surface area is 99.0 Å². The fourth-order valence-electron chi connectivity index (χ4n) is 1.97. The van der Waals surface area contributed by atoms with Gasteiger partial charge in [-0.25, -0.2) is 0 Å². The van der Waals surface area contributed by atoms with Crippen LogP contribution in [0.4, 0.5) is 5.69 Å². The minimum absolute atomic E-state index is 0.00687. The Bertz CT molecular complexity index is 347. The molecule has 2 rings (SSSR count). The molecule has 0 bridgehead atoms. The minimum atomic E-state index is -0.235. The number of halogens is 1. The van der Waals surface area contributed by atoms with E-state index in [4.69, 9.17) is 0 Å². The van der Waals surface area contributed by atoms with E-state index in [1.54, 1.807) is 0 Å². The maximum Gasteiger partial charge on any atom is 0.0782 e. The van der Waals surface area contributed by atoms with E-state index in [0.717, 1.165) is 17.6 Å². The van der Waals surface area contributed by atoms with Crippen molar-refractivity contribution in [3.8, 4) is 0 Å². The molecular weight excluding hydrogens is 254 g/mol. The van der Waals surface area contributed by atoms with Gasteiger partial charge in [-0.05, 0) is 24.3 Å². The lowest BCUT2D eigenvalue weighted by Crippen LogP contribution is -2.26. The zero-order valence-electron chi connectivity index (χ0n) is 9.07. The Hall–Kier alpha value is -0.540. The number of hydrogen-bond donors (Lipinski definition) is 1. The number of nitrogens with zero attached hydrogens (tertiary/aromatic N) is 1. The van der Waals surface area contributed by atoms with Crippen LogP contribution in [0.25, 0.3) is 0 Å². The molecule has 1 aliphatic heterocycles. The van der Waals surface area contributed by atoms with E-state index in [9.17, 15) is 5.11 Å². The van der Waals surface area contributed by atoms with Crippen molar-refractivity contribution in [1.82, 2.24) is 0 Å². The molecule has 1 heterocycles. The zero-order valence-corrected chi connectivity index (χ0v) is 10.7. The van der Waals surface area contributed by atoms with Gasteiger partial charge in [0.2, 0.25) is 0 Å². The van der Waals surface area contributed by atoms with E-state index in [-0.39, 0.29) is 11.5 Å². The summed E-state index contributed by atoms with van der Waals surface area (Å²) in [4.78, 5) is 2.23. The quantitative estimate of drug-likeness (QED) is 0.848. The summed E-state index contributed by atoms with van der Waals surface area (Å²) in [6.07, 6.45) is -0.235. The normalized spacial score (nSPS) is 24.5. The molecule has 1 aliphatic rings. The number of aliphatic hydroxyl groups is 1. The third kappa shape index (κ3) is 2.18. The maximum atomic E-state index is 9.89. The summed E-state index contributed by atoms with van der Waals surface area (Å²) in [5.74, 6) is 0. The van der Waals surface area contributed by atoms with Gasteiger partial charge in [0.1, 0.15) is 0 Å². The molecule has 0 radical (unpaired) electrons. The third-order valence-corrected chi connectivity index (χ3v) is 3.61. The summed E-state index contributed by atoms with van der Waals surface area (Å²) in [5, 5.41) is 9.89. The Morgan fingerprint density at radius 1 is 1.33 bits per heavy atom. The molecule has 1 aromatic rings. The monoisotopic (exact) mass is 269 g/mol. The molecule has 1 saturated heterocycles. The molecule has 0 amide bonds. The molecule has 1 N–H and O–H groups in total. The molecule has 3 heteroatoms. The van der Waals surface area contributed by atoms with Gasteiger partial charge in [-0.3, -0.25) is 0 Å². The predicted octanol–water partition coefficient (Wildman–Crippen LogP) is 2.66. The highest BCUT2D eigenvalue weighted by atomic mass is 79.9. The van der Waals surface area contributed by atoms with Gasteiger partial charge in [-0.2, -0.15) is 0 Å². The van der Waals surface area contributed by atoms with Gasteiger partial charge in [0.25, 0.3) is 0 Å². The van der Waals surface area contributed by atoms with E-state index >= 15 is 0 Å². The molecule has 2 nitrogen and oxygen atoms in total. The summed E-state index contributed by atoms with van der Waals surface area (Å²) in [6.45, 7) is 5.86. The maximum absolute atomic E-state index is 9.89. The Morgan fingerprint density at radius 3 is 2.40 bits per heavy atom. The lowest BCUT2D eigenvalue weighted by atomic mass is 9.90. The Morgan fingerprint density at radius 2 is 1.93 bits per heavy atom. The standard InChI is InChI=1S/C12H16BrNO/c1-12(2)8-14(7-11(12)15)10-5-3-9(13)4-6-10/h3-6,11,15H,7-8H2,1-2H3. The molecule has 0 saturated carbocycles. The highest BCUT2D eigenvalue weighted by Crippen LogP contribution is 2.33. The van der Waals surface area contributed by atoms with Crippen molar-refractivity contribution < 1.29 is 5.11 Å². The smallest absolute Gasteiger partial charge is 0.0782 e. The van der Waals surface area contributed by atoms with Crippen LogP contribution in [-0.4, -0.2) is 24.3 Å².